The molecule has 2 aromatic carbocycles. The molecule has 3 heterocycles. The summed E-state index contributed by atoms with van der Waals surface area (Å²) in [4.78, 5) is 2.33. The molecule has 0 radical (unpaired) electrons. The van der Waals surface area contributed by atoms with Crippen molar-refractivity contribution in [1.29, 1.82) is 0 Å². The molecule has 4 nitrogen and oxygen atoms in total. The van der Waals surface area contributed by atoms with Gasteiger partial charge >= 0.3 is 0 Å². The van der Waals surface area contributed by atoms with Crippen molar-refractivity contribution in [2.75, 3.05) is 26.5 Å². The number of rotatable bonds is 3. The van der Waals surface area contributed by atoms with Gasteiger partial charge in [-0.15, -0.1) is 12.4 Å². The Morgan fingerprint density at radius 2 is 1.88 bits per heavy atom. The molecule has 2 aromatic rings. The van der Waals surface area contributed by atoms with E-state index in [1.165, 1.54) is 11.1 Å². The van der Waals surface area contributed by atoms with E-state index in [1.54, 1.807) is 0 Å². The van der Waals surface area contributed by atoms with Crippen LogP contribution in [0.15, 0.2) is 48.5 Å². The molecule has 0 amide bonds. The number of nitrogens with zero attached hydrogens (tertiary/aromatic N) is 1. The lowest BCUT2D eigenvalue weighted by Crippen LogP contribution is -2.56. The molecule has 1 unspecified atom stereocenters. The first-order chi connectivity index (χ1) is 12.4. The molecular weight excluding hydrogens is 350 g/mol. The largest absolute Gasteiger partial charge is 0.493 e. The summed E-state index contributed by atoms with van der Waals surface area (Å²) in [7, 11) is 0. The third-order valence-electron chi connectivity index (χ3n) is 5.66. The Morgan fingerprint density at radius 1 is 1.04 bits per heavy atom. The quantitative estimate of drug-likeness (QED) is 0.812. The van der Waals surface area contributed by atoms with E-state index >= 15 is 0 Å². The molecule has 0 N–H and O–H groups in total. The van der Waals surface area contributed by atoms with E-state index in [9.17, 15) is 0 Å². The van der Waals surface area contributed by atoms with Gasteiger partial charge in [0, 0.05) is 18.7 Å². The fourth-order valence-corrected chi connectivity index (χ4v) is 4.26. The minimum atomic E-state index is -0.737. The van der Waals surface area contributed by atoms with Gasteiger partial charge in [-0.1, -0.05) is 42.5 Å². The molecule has 0 saturated carbocycles. The molecule has 2 fully saturated rings. The van der Waals surface area contributed by atoms with Crippen LogP contribution >= 0.6 is 12.4 Å². The first-order valence-corrected chi connectivity index (χ1v) is 9.19. The lowest BCUT2D eigenvalue weighted by Gasteiger charge is -2.47. The van der Waals surface area contributed by atoms with Gasteiger partial charge in [0.15, 0.2) is 6.79 Å². The normalized spacial score (nSPS) is 24.1. The second-order valence-electron chi connectivity index (χ2n) is 7.11. The van der Waals surface area contributed by atoms with Crippen molar-refractivity contribution in [3.63, 3.8) is 0 Å². The number of fused-ring (bicyclic) bond motifs is 1. The predicted octanol–water partition coefficient (Wildman–Crippen LogP) is 4.04. The van der Waals surface area contributed by atoms with E-state index in [0.717, 1.165) is 50.3 Å². The third kappa shape index (κ3) is 2.91. The van der Waals surface area contributed by atoms with Crippen LogP contribution in [0.4, 0.5) is 0 Å². The van der Waals surface area contributed by atoms with Crippen molar-refractivity contribution in [2.45, 2.75) is 31.1 Å². The Morgan fingerprint density at radius 3 is 2.65 bits per heavy atom. The van der Waals surface area contributed by atoms with Gasteiger partial charge in [0.1, 0.15) is 5.75 Å². The van der Waals surface area contributed by atoms with E-state index in [1.807, 2.05) is 0 Å². The van der Waals surface area contributed by atoms with Crippen molar-refractivity contribution in [3.05, 3.63) is 65.2 Å². The Hall–Kier alpha value is -1.59. The summed E-state index contributed by atoms with van der Waals surface area (Å²) < 4.78 is 17.9. The van der Waals surface area contributed by atoms with Crippen molar-refractivity contribution in [1.82, 2.24) is 4.90 Å². The third-order valence-corrected chi connectivity index (χ3v) is 5.66. The Balaban J connectivity index is 0.00000168. The summed E-state index contributed by atoms with van der Waals surface area (Å²) in [5.41, 5.74) is 3.73. The van der Waals surface area contributed by atoms with Gasteiger partial charge in [0.25, 0.3) is 5.91 Å². The first-order valence-electron chi connectivity index (χ1n) is 9.19. The van der Waals surface area contributed by atoms with Crippen LogP contribution in [0.1, 0.15) is 35.4 Å². The van der Waals surface area contributed by atoms with E-state index in [4.69, 9.17) is 14.2 Å². The molecule has 5 rings (SSSR count). The average molecular weight is 374 g/mol. The maximum absolute atomic E-state index is 6.01. The smallest absolute Gasteiger partial charge is 0.262 e. The fraction of sp³-hybridized carbons (Fsp3) is 0.429. The molecule has 3 aliphatic rings. The summed E-state index contributed by atoms with van der Waals surface area (Å²) in [5, 5.41) is 0. The Labute approximate surface area is 160 Å². The molecular formula is C21H24ClNO3. The first kappa shape index (κ1) is 17.8. The molecule has 0 aliphatic carbocycles. The highest BCUT2D eigenvalue weighted by atomic mass is 35.5. The zero-order valence-electron chi connectivity index (χ0n) is 14.7. The SMILES string of the molecule is Cl.c1ccc(C2CCN(C3(c4ccc5c(c4)OCCC5)OCO3)C2)cc1. The summed E-state index contributed by atoms with van der Waals surface area (Å²) in [5.74, 6) is 0.778. The minimum Gasteiger partial charge on any atom is -0.493 e. The van der Waals surface area contributed by atoms with Crippen molar-refractivity contribution in [3.8, 4) is 5.75 Å². The van der Waals surface area contributed by atoms with E-state index in [2.05, 4.69) is 53.4 Å². The Bertz CT molecular complexity index is 763. The molecule has 0 spiro atoms. The second kappa shape index (κ2) is 7.20. The van der Waals surface area contributed by atoms with Crippen molar-refractivity contribution in [2.24, 2.45) is 0 Å². The van der Waals surface area contributed by atoms with Gasteiger partial charge in [0.05, 0.1) is 6.61 Å². The minimum absolute atomic E-state index is 0. The van der Waals surface area contributed by atoms with Crippen molar-refractivity contribution < 1.29 is 14.2 Å². The van der Waals surface area contributed by atoms with Crippen LogP contribution in [0.2, 0.25) is 0 Å². The summed E-state index contributed by atoms with van der Waals surface area (Å²) in [6.45, 7) is 3.06. The van der Waals surface area contributed by atoms with Crippen molar-refractivity contribution >= 4 is 12.4 Å². The highest BCUT2D eigenvalue weighted by molar-refractivity contribution is 5.85. The number of ether oxygens (including phenoxy) is 3. The maximum Gasteiger partial charge on any atom is 0.262 e. The number of aryl methyl sites for hydroxylation is 1. The molecule has 3 aliphatic heterocycles. The topological polar surface area (TPSA) is 30.9 Å². The zero-order chi connectivity index (χ0) is 16.7. The molecule has 2 saturated heterocycles. The Kier molecular flexibility index (Phi) is 4.93. The van der Waals surface area contributed by atoms with Crippen LogP contribution < -0.4 is 4.74 Å². The highest BCUT2D eigenvalue weighted by Crippen LogP contribution is 2.44. The molecule has 0 bridgehead atoms. The van der Waals surface area contributed by atoms with Crippen LogP contribution in [0.3, 0.4) is 0 Å². The van der Waals surface area contributed by atoms with Crippen LogP contribution in [0, 0.1) is 0 Å². The van der Waals surface area contributed by atoms with Gasteiger partial charge in [0.2, 0.25) is 0 Å². The van der Waals surface area contributed by atoms with E-state index < -0.39 is 5.91 Å². The average Bonchev–Trinajstić information content (AvgIpc) is 3.12. The molecule has 5 heteroatoms. The van der Waals surface area contributed by atoms with Gasteiger partial charge in [-0.05, 0) is 42.4 Å². The number of halogens is 1. The molecule has 26 heavy (non-hydrogen) atoms. The van der Waals surface area contributed by atoms with Crippen LogP contribution in [0.5, 0.6) is 5.75 Å². The van der Waals surface area contributed by atoms with Gasteiger partial charge in [-0.3, -0.25) is 0 Å². The predicted molar refractivity (Wildman–Crippen MR) is 102 cm³/mol. The van der Waals surface area contributed by atoms with Gasteiger partial charge in [-0.25, -0.2) is 4.90 Å². The monoisotopic (exact) mass is 373 g/mol. The molecule has 138 valence electrons. The molecule has 0 aromatic heterocycles. The number of hydrogen-bond donors (Lipinski definition) is 0. The zero-order valence-corrected chi connectivity index (χ0v) is 15.5. The van der Waals surface area contributed by atoms with Crippen LogP contribution in [-0.4, -0.2) is 31.4 Å². The summed E-state index contributed by atoms with van der Waals surface area (Å²) >= 11 is 0. The fourth-order valence-electron chi connectivity index (χ4n) is 4.26. The lowest BCUT2D eigenvalue weighted by molar-refractivity contribution is -0.465. The lowest BCUT2D eigenvalue weighted by atomic mass is 9.98. The standard InChI is InChI=1S/C21H23NO3.ClH/c1-2-5-16(6-3-1)18-10-11-22(14-18)21(24-15-25-21)19-9-8-17-7-4-12-23-20(17)13-19;/h1-3,5-6,8-9,13,18H,4,7,10-12,14-15H2;1H. The van der Waals surface area contributed by atoms with Gasteiger partial charge < -0.3 is 14.2 Å². The maximum atomic E-state index is 6.01. The van der Waals surface area contributed by atoms with Crippen LogP contribution in [0.25, 0.3) is 0 Å². The number of benzene rings is 2. The number of hydrogen-bond acceptors (Lipinski definition) is 4. The summed E-state index contributed by atoms with van der Waals surface area (Å²) in [6.07, 6.45) is 3.30. The second-order valence-corrected chi connectivity index (χ2v) is 7.11. The highest BCUT2D eigenvalue weighted by Gasteiger charge is 2.50. The molecule has 1 atom stereocenters. The van der Waals surface area contributed by atoms with E-state index in [0.29, 0.717) is 12.7 Å². The van der Waals surface area contributed by atoms with Crippen LogP contribution in [-0.2, 0) is 21.8 Å². The van der Waals surface area contributed by atoms with E-state index in [-0.39, 0.29) is 12.4 Å². The summed E-state index contributed by atoms with van der Waals surface area (Å²) in [6, 6.07) is 17.2. The number of likely N-dealkylation sites (tertiary alicyclic amines) is 1. The van der Waals surface area contributed by atoms with Gasteiger partial charge in [-0.2, -0.15) is 0 Å².